The Kier molecular flexibility index (Phi) is 2.80. The predicted octanol–water partition coefficient (Wildman–Crippen LogP) is 3.39. The molecule has 0 fully saturated rings. The first-order chi connectivity index (χ1) is 8.72. The molecule has 3 aromatic rings. The highest BCUT2D eigenvalue weighted by Crippen LogP contribution is 2.17. The Labute approximate surface area is 113 Å². The Bertz CT molecular complexity index is 689. The lowest BCUT2D eigenvalue weighted by atomic mass is 10.1. The number of imidazole rings is 1. The molecule has 4 heteroatoms. The summed E-state index contributed by atoms with van der Waals surface area (Å²) < 4.78 is 3.11. The number of aromatic hydroxyl groups is 1. The Balaban J connectivity index is 1.97. The summed E-state index contributed by atoms with van der Waals surface area (Å²) in [6, 6.07) is 11.2. The standard InChI is InChI=1S/C14H11BrN2O/c15-11-5-6-17-12(8-11)9-16-14(17)7-10-1-3-13(18)4-2-10/h1-6,8-9,18H,7H2. The van der Waals surface area contributed by atoms with Crippen LogP contribution in [0.1, 0.15) is 11.4 Å². The van der Waals surface area contributed by atoms with Crippen LogP contribution in [-0.2, 0) is 6.42 Å². The van der Waals surface area contributed by atoms with Gasteiger partial charge in [-0.05, 0) is 29.8 Å². The summed E-state index contributed by atoms with van der Waals surface area (Å²) >= 11 is 3.45. The summed E-state index contributed by atoms with van der Waals surface area (Å²) in [5.41, 5.74) is 2.20. The van der Waals surface area contributed by atoms with Gasteiger partial charge in [-0.25, -0.2) is 4.98 Å². The van der Waals surface area contributed by atoms with Gasteiger partial charge in [0, 0.05) is 17.1 Å². The van der Waals surface area contributed by atoms with Crippen molar-refractivity contribution in [2.45, 2.75) is 6.42 Å². The minimum absolute atomic E-state index is 0.288. The van der Waals surface area contributed by atoms with Gasteiger partial charge < -0.3 is 9.51 Å². The fraction of sp³-hybridized carbons (Fsp3) is 0.0714. The van der Waals surface area contributed by atoms with E-state index < -0.39 is 0 Å². The van der Waals surface area contributed by atoms with E-state index in [4.69, 9.17) is 0 Å². The molecule has 3 rings (SSSR count). The molecule has 90 valence electrons. The molecule has 0 saturated carbocycles. The number of rotatable bonds is 2. The van der Waals surface area contributed by atoms with Gasteiger partial charge >= 0.3 is 0 Å². The molecule has 1 N–H and O–H groups in total. The average molecular weight is 303 g/mol. The molecule has 2 heterocycles. The van der Waals surface area contributed by atoms with E-state index in [2.05, 4.69) is 25.3 Å². The van der Waals surface area contributed by atoms with Crippen molar-refractivity contribution in [3.8, 4) is 5.75 Å². The van der Waals surface area contributed by atoms with Gasteiger partial charge in [-0.1, -0.05) is 28.1 Å². The Morgan fingerprint density at radius 2 is 1.94 bits per heavy atom. The number of aromatic nitrogens is 2. The number of halogens is 1. The first-order valence-electron chi connectivity index (χ1n) is 5.62. The SMILES string of the molecule is Oc1ccc(Cc2ncc3cc(Br)ccn23)cc1. The summed E-state index contributed by atoms with van der Waals surface area (Å²) in [4.78, 5) is 4.43. The van der Waals surface area contributed by atoms with E-state index in [1.165, 1.54) is 0 Å². The highest BCUT2D eigenvalue weighted by Gasteiger charge is 2.05. The van der Waals surface area contributed by atoms with Crippen LogP contribution in [-0.4, -0.2) is 14.5 Å². The number of hydrogen-bond donors (Lipinski definition) is 1. The van der Waals surface area contributed by atoms with Crippen LogP contribution in [0.4, 0.5) is 0 Å². The van der Waals surface area contributed by atoms with Gasteiger partial charge in [0.1, 0.15) is 11.6 Å². The van der Waals surface area contributed by atoms with Crippen LogP contribution < -0.4 is 0 Å². The normalized spacial score (nSPS) is 10.9. The molecule has 0 atom stereocenters. The number of phenols is 1. The molecule has 0 unspecified atom stereocenters. The number of hydrogen-bond acceptors (Lipinski definition) is 2. The zero-order chi connectivity index (χ0) is 12.5. The molecular formula is C14H11BrN2O. The number of benzene rings is 1. The van der Waals surface area contributed by atoms with Crippen molar-refractivity contribution >= 4 is 21.4 Å². The molecule has 0 aliphatic carbocycles. The molecule has 0 spiro atoms. The van der Waals surface area contributed by atoms with Crippen LogP contribution in [0.2, 0.25) is 0 Å². The third-order valence-electron chi connectivity index (χ3n) is 2.87. The predicted molar refractivity (Wildman–Crippen MR) is 73.8 cm³/mol. The maximum atomic E-state index is 9.26. The summed E-state index contributed by atoms with van der Waals surface area (Å²) in [5.74, 6) is 1.28. The number of fused-ring (bicyclic) bond motifs is 1. The van der Waals surface area contributed by atoms with E-state index in [1.54, 1.807) is 12.1 Å². The zero-order valence-corrected chi connectivity index (χ0v) is 11.1. The molecule has 0 bridgehead atoms. The minimum atomic E-state index is 0.288. The molecule has 0 amide bonds. The van der Waals surface area contributed by atoms with Gasteiger partial charge in [0.15, 0.2) is 0 Å². The highest BCUT2D eigenvalue weighted by molar-refractivity contribution is 9.10. The molecule has 0 aliphatic heterocycles. The molecule has 3 nitrogen and oxygen atoms in total. The van der Waals surface area contributed by atoms with Gasteiger partial charge in [0.25, 0.3) is 0 Å². The van der Waals surface area contributed by atoms with E-state index in [-0.39, 0.29) is 5.75 Å². The van der Waals surface area contributed by atoms with Crippen LogP contribution >= 0.6 is 15.9 Å². The van der Waals surface area contributed by atoms with E-state index in [1.807, 2.05) is 36.7 Å². The summed E-state index contributed by atoms with van der Waals surface area (Å²) in [7, 11) is 0. The molecular weight excluding hydrogens is 292 g/mol. The van der Waals surface area contributed by atoms with Crippen molar-refractivity contribution in [2.75, 3.05) is 0 Å². The molecule has 0 saturated heterocycles. The minimum Gasteiger partial charge on any atom is -0.508 e. The van der Waals surface area contributed by atoms with Crippen LogP contribution in [0.3, 0.4) is 0 Å². The lowest BCUT2D eigenvalue weighted by Gasteiger charge is -2.02. The first kappa shape index (κ1) is 11.3. The summed E-state index contributed by atoms with van der Waals surface area (Å²) in [6.45, 7) is 0. The highest BCUT2D eigenvalue weighted by atomic mass is 79.9. The molecule has 2 aromatic heterocycles. The molecule has 18 heavy (non-hydrogen) atoms. The van der Waals surface area contributed by atoms with Crippen LogP contribution in [0.25, 0.3) is 5.52 Å². The van der Waals surface area contributed by atoms with Crippen molar-refractivity contribution in [3.63, 3.8) is 0 Å². The van der Waals surface area contributed by atoms with Gasteiger partial charge in [0.2, 0.25) is 0 Å². The zero-order valence-electron chi connectivity index (χ0n) is 9.55. The monoisotopic (exact) mass is 302 g/mol. The van der Waals surface area contributed by atoms with Crippen molar-refractivity contribution in [3.05, 3.63) is 64.7 Å². The Hall–Kier alpha value is -1.81. The fourth-order valence-electron chi connectivity index (χ4n) is 1.96. The molecule has 0 aliphatic rings. The number of phenolic OH excluding ortho intramolecular Hbond substituents is 1. The largest absolute Gasteiger partial charge is 0.508 e. The van der Waals surface area contributed by atoms with E-state index in [0.29, 0.717) is 0 Å². The third kappa shape index (κ3) is 2.11. The van der Waals surface area contributed by atoms with E-state index in [0.717, 1.165) is 27.8 Å². The average Bonchev–Trinajstić information content (AvgIpc) is 2.74. The molecule has 1 aromatic carbocycles. The third-order valence-corrected chi connectivity index (χ3v) is 3.36. The second-order valence-corrected chi connectivity index (χ2v) is 5.07. The van der Waals surface area contributed by atoms with Crippen LogP contribution in [0, 0.1) is 0 Å². The number of pyridine rings is 1. The van der Waals surface area contributed by atoms with Gasteiger partial charge in [-0.2, -0.15) is 0 Å². The van der Waals surface area contributed by atoms with Crippen LogP contribution in [0.15, 0.2) is 53.3 Å². The summed E-state index contributed by atoms with van der Waals surface area (Å²) in [5, 5.41) is 9.26. The maximum Gasteiger partial charge on any atom is 0.117 e. The van der Waals surface area contributed by atoms with Crippen molar-refractivity contribution in [1.29, 1.82) is 0 Å². The Morgan fingerprint density at radius 1 is 1.17 bits per heavy atom. The lowest BCUT2D eigenvalue weighted by molar-refractivity contribution is 0.475. The Morgan fingerprint density at radius 3 is 2.72 bits per heavy atom. The van der Waals surface area contributed by atoms with Crippen LogP contribution in [0.5, 0.6) is 5.75 Å². The number of nitrogens with zero attached hydrogens (tertiary/aromatic N) is 2. The van der Waals surface area contributed by atoms with Gasteiger partial charge in [-0.15, -0.1) is 0 Å². The van der Waals surface area contributed by atoms with E-state index >= 15 is 0 Å². The maximum absolute atomic E-state index is 9.26. The second kappa shape index (κ2) is 4.46. The van der Waals surface area contributed by atoms with E-state index in [9.17, 15) is 5.11 Å². The topological polar surface area (TPSA) is 37.5 Å². The quantitative estimate of drug-likeness (QED) is 0.788. The summed E-state index contributed by atoms with van der Waals surface area (Å²) in [6.07, 6.45) is 4.61. The van der Waals surface area contributed by atoms with Crippen molar-refractivity contribution < 1.29 is 5.11 Å². The van der Waals surface area contributed by atoms with Gasteiger partial charge in [-0.3, -0.25) is 0 Å². The fourth-order valence-corrected chi connectivity index (χ4v) is 2.31. The van der Waals surface area contributed by atoms with Crippen molar-refractivity contribution in [2.24, 2.45) is 0 Å². The van der Waals surface area contributed by atoms with Gasteiger partial charge in [0.05, 0.1) is 11.7 Å². The second-order valence-electron chi connectivity index (χ2n) is 4.16. The van der Waals surface area contributed by atoms with Crippen molar-refractivity contribution in [1.82, 2.24) is 9.38 Å². The smallest absolute Gasteiger partial charge is 0.117 e. The first-order valence-corrected chi connectivity index (χ1v) is 6.41. The lowest BCUT2D eigenvalue weighted by Crippen LogP contribution is -1.95. The molecule has 0 radical (unpaired) electrons.